The highest BCUT2D eigenvalue weighted by molar-refractivity contribution is 6.31. The van der Waals surface area contributed by atoms with Crippen molar-refractivity contribution >= 4 is 11.6 Å². The summed E-state index contributed by atoms with van der Waals surface area (Å²) >= 11 is 6.24. The normalized spacial score (nSPS) is 13.6. The van der Waals surface area contributed by atoms with Crippen LogP contribution >= 0.6 is 11.6 Å². The third-order valence-corrected chi connectivity index (χ3v) is 3.44. The highest BCUT2D eigenvalue weighted by atomic mass is 35.5. The van der Waals surface area contributed by atoms with Gasteiger partial charge in [-0.3, -0.25) is 0 Å². The largest absolute Gasteiger partial charge is 0.326 e. The van der Waals surface area contributed by atoms with Gasteiger partial charge < -0.3 is 10.3 Å². The van der Waals surface area contributed by atoms with E-state index < -0.39 is 5.54 Å². The zero-order chi connectivity index (χ0) is 13.3. The maximum atomic E-state index is 6.24. The lowest BCUT2D eigenvalue weighted by molar-refractivity contribution is 0.477. The maximum absolute atomic E-state index is 6.24. The van der Waals surface area contributed by atoms with Crippen molar-refractivity contribution in [2.75, 3.05) is 0 Å². The molecule has 1 aromatic heterocycles. The molecule has 1 aromatic carbocycles. The lowest BCUT2D eigenvalue weighted by Gasteiger charge is -2.25. The summed E-state index contributed by atoms with van der Waals surface area (Å²) in [7, 11) is 0. The van der Waals surface area contributed by atoms with Gasteiger partial charge in [-0.15, -0.1) is 0 Å². The van der Waals surface area contributed by atoms with Crippen LogP contribution < -0.4 is 5.73 Å². The number of hydrogen-bond acceptors (Lipinski definition) is 2. The molecule has 0 aliphatic rings. The summed E-state index contributed by atoms with van der Waals surface area (Å²) in [6.07, 6.45) is 3.62. The fourth-order valence-electron chi connectivity index (χ4n) is 2.08. The molecule has 2 N–H and O–H groups in total. The van der Waals surface area contributed by atoms with Gasteiger partial charge in [-0.05, 0) is 32.4 Å². The standard InChI is InChI=1S/C14H18ClN3/c1-10(11-6-4-5-7-12(11)15)18-9-17-8-13(18)14(2,3)16/h4-10H,16H2,1-3H3. The molecule has 18 heavy (non-hydrogen) atoms. The van der Waals surface area contributed by atoms with Crippen molar-refractivity contribution in [3.05, 3.63) is 53.1 Å². The van der Waals surface area contributed by atoms with Crippen LogP contribution in [0, 0.1) is 0 Å². The quantitative estimate of drug-likeness (QED) is 0.923. The number of imidazole rings is 1. The first-order chi connectivity index (χ1) is 8.41. The summed E-state index contributed by atoms with van der Waals surface area (Å²) in [5, 5.41) is 0.763. The fraction of sp³-hybridized carbons (Fsp3) is 0.357. The van der Waals surface area contributed by atoms with Crippen LogP contribution in [0.5, 0.6) is 0 Å². The van der Waals surface area contributed by atoms with Crippen LogP contribution in [0.25, 0.3) is 0 Å². The van der Waals surface area contributed by atoms with Gasteiger partial charge in [0.1, 0.15) is 0 Å². The minimum atomic E-state index is -0.425. The van der Waals surface area contributed by atoms with E-state index in [1.54, 1.807) is 6.33 Å². The predicted molar refractivity (Wildman–Crippen MR) is 74.7 cm³/mol. The molecule has 0 aliphatic carbocycles. The lowest BCUT2D eigenvalue weighted by atomic mass is 10.0. The molecule has 1 heterocycles. The van der Waals surface area contributed by atoms with Crippen molar-refractivity contribution in [1.82, 2.24) is 9.55 Å². The minimum Gasteiger partial charge on any atom is -0.326 e. The van der Waals surface area contributed by atoms with Gasteiger partial charge in [0.25, 0.3) is 0 Å². The summed E-state index contributed by atoms with van der Waals surface area (Å²) in [5.41, 5.74) is 7.80. The molecular weight excluding hydrogens is 246 g/mol. The van der Waals surface area contributed by atoms with Gasteiger partial charge in [0.05, 0.1) is 29.8 Å². The Hall–Kier alpha value is -1.32. The third kappa shape index (κ3) is 2.42. The first-order valence-electron chi connectivity index (χ1n) is 5.97. The number of halogens is 1. The number of aromatic nitrogens is 2. The highest BCUT2D eigenvalue weighted by Gasteiger charge is 2.22. The van der Waals surface area contributed by atoms with Crippen molar-refractivity contribution in [2.24, 2.45) is 5.73 Å². The van der Waals surface area contributed by atoms with E-state index in [1.807, 2.05) is 44.3 Å². The molecule has 0 amide bonds. The molecule has 2 aromatic rings. The van der Waals surface area contributed by atoms with E-state index in [2.05, 4.69) is 16.5 Å². The molecule has 0 saturated carbocycles. The smallest absolute Gasteiger partial charge is 0.0954 e. The second-order valence-corrected chi connectivity index (χ2v) is 5.51. The van der Waals surface area contributed by atoms with Gasteiger partial charge in [0.2, 0.25) is 0 Å². The van der Waals surface area contributed by atoms with Crippen molar-refractivity contribution in [3.8, 4) is 0 Å². The Kier molecular flexibility index (Phi) is 3.46. The molecule has 4 heteroatoms. The van der Waals surface area contributed by atoms with E-state index in [1.165, 1.54) is 0 Å². The number of nitrogens with two attached hydrogens (primary N) is 1. The SMILES string of the molecule is CC(c1ccccc1Cl)n1cncc1C(C)(C)N. The second kappa shape index (κ2) is 4.75. The van der Waals surface area contributed by atoms with Gasteiger partial charge in [-0.25, -0.2) is 4.98 Å². The van der Waals surface area contributed by atoms with Gasteiger partial charge in [-0.1, -0.05) is 29.8 Å². The number of benzene rings is 1. The molecule has 3 nitrogen and oxygen atoms in total. The molecule has 0 bridgehead atoms. The third-order valence-electron chi connectivity index (χ3n) is 3.10. The molecule has 96 valence electrons. The molecule has 1 unspecified atom stereocenters. The molecule has 0 saturated heterocycles. The Labute approximate surface area is 113 Å². The minimum absolute atomic E-state index is 0.110. The number of hydrogen-bond donors (Lipinski definition) is 1. The summed E-state index contributed by atoms with van der Waals surface area (Å²) in [5.74, 6) is 0. The Balaban J connectivity index is 2.45. The van der Waals surface area contributed by atoms with Gasteiger partial charge in [-0.2, -0.15) is 0 Å². The molecule has 0 aliphatic heterocycles. The van der Waals surface area contributed by atoms with Gasteiger partial charge in [0, 0.05) is 5.02 Å². The van der Waals surface area contributed by atoms with Crippen molar-refractivity contribution in [2.45, 2.75) is 32.4 Å². The molecule has 2 rings (SSSR count). The Morgan fingerprint density at radius 2 is 2.00 bits per heavy atom. The number of nitrogens with zero attached hydrogens (tertiary/aromatic N) is 2. The van der Waals surface area contributed by atoms with E-state index in [4.69, 9.17) is 17.3 Å². The summed E-state index contributed by atoms with van der Waals surface area (Å²) in [6.45, 7) is 6.04. The average molecular weight is 264 g/mol. The van der Waals surface area contributed by atoms with Crippen LogP contribution in [0.4, 0.5) is 0 Å². The Bertz CT molecular complexity index is 540. The molecule has 0 fully saturated rings. The highest BCUT2D eigenvalue weighted by Crippen LogP contribution is 2.28. The molecule has 0 spiro atoms. The van der Waals surface area contributed by atoms with Crippen LogP contribution in [-0.4, -0.2) is 9.55 Å². The Morgan fingerprint density at radius 1 is 1.33 bits per heavy atom. The fourth-order valence-corrected chi connectivity index (χ4v) is 2.37. The molecular formula is C14H18ClN3. The van der Waals surface area contributed by atoms with Crippen molar-refractivity contribution in [3.63, 3.8) is 0 Å². The van der Waals surface area contributed by atoms with E-state index >= 15 is 0 Å². The van der Waals surface area contributed by atoms with Crippen LogP contribution in [0.1, 0.15) is 38.1 Å². The summed E-state index contributed by atoms with van der Waals surface area (Å²) in [6, 6.07) is 7.96. The monoisotopic (exact) mass is 263 g/mol. The van der Waals surface area contributed by atoms with E-state index in [-0.39, 0.29) is 6.04 Å². The van der Waals surface area contributed by atoms with E-state index in [9.17, 15) is 0 Å². The molecule has 0 radical (unpaired) electrons. The van der Waals surface area contributed by atoms with Gasteiger partial charge in [0.15, 0.2) is 0 Å². The summed E-state index contributed by atoms with van der Waals surface area (Å²) in [4.78, 5) is 4.20. The van der Waals surface area contributed by atoms with Gasteiger partial charge >= 0.3 is 0 Å². The first-order valence-corrected chi connectivity index (χ1v) is 6.34. The van der Waals surface area contributed by atoms with Crippen LogP contribution in [-0.2, 0) is 5.54 Å². The zero-order valence-electron chi connectivity index (χ0n) is 10.9. The number of rotatable bonds is 3. The van der Waals surface area contributed by atoms with Crippen LogP contribution in [0.15, 0.2) is 36.8 Å². The maximum Gasteiger partial charge on any atom is 0.0954 e. The second-order valence-electron chi connectivity index (χ2n) is 5.11. The lowest BCUT2D eigenvalue weighted by Crippen LogP contribution is -2.32. The van der Waals surface area contributed by atoms with Crippen molar-refractivity contribution < 1.29 is 0 Å². The first kappa shape index (κ1) is 13.1. The topological polar surface area (TPSA) is 43.8 Å². The van der Waals surface area contributed by atoms with Crippen LogP contribution in [0.2, 0.25) is 5.02 Å². The summed E-state index contributed by atoms with van der Waals surface area (Å²) < 4.78 is 2.07. The van der Waals surface area contributed by atoms with E-state index in [0.717, 1.165) is 16.3 Å². The van der Waals surface area contributed by atoms with Crippen LogP contribution in [0.3, 0.4) is 0 Å². The molecule has 1 atom stereocenters. The predicted octanol–water partition coefficient (Wildman–Crippen LogP) is 3.34. The average Bonchev–Trinajstić information content (AvgIpc) is 2.77. The zero-order valence-corrected chi connectivity index (χ0v) is 11.6. The Morgan fingerprint density at radius 3 is 2.61 bits per heavy atom. The van der Waals surface area contributed by atoms with Crippen molar-refractivity contribution in [1.29, 1.82) is 0 Å². The van der Waals surface area contributed by atoms with E-state index in [0.29, 0.717) is 0 Å².